The van der Waals surface area contributed by atoms with Crippen LogP contribution in [-0.4, -0.2) is 16.2 Å². The highest BCUT2D eigenvalue weighted by molar-refractivity contribution is 7.05. The summed E-state index contributed by atoms with van der Waals surface area (Å²) in [6, 6.07) is 7.96. The average Bonchev–Trinajstić information content (AvgIpc) is 2.76. The van der Waals surface area contributed by atoms with Crippen molar-refractivity contribution >= 4 is 29.0 Å². The monoisotopic (exact) mass is 261 g/mol. The molecule has 1 heterocycles. The van der Waals surface area contributed by atoms with Gasteiger partial charge in [-0.1, -0.05) is 0 Å². The largest absolute Gasteiger partial charge is 0.399 e. The summed E-state index contributed by atoms with van der Waals surface area (Å²) in [6.07, 6.45) is 0. The number of nitrogens with two attached hydrogens (primary N) is 1. The molecule has 18 heavy (non-hydrogen) atoms. The van der Waals surface area contributed by atoms with Crippen molar-refractivity contribution < 1.29 is 9.59 Å². The number of nitrogens with one attached hydrogen (secondary N) is 1. The fraction of sp³-hybridized carbons (Fsp3) is 0.0833. The zero-order valence-electron chi connectivity index (χ0n) is 9.64. The van der Waals surface area contributed by atoms with Crippen molar-refractivity contribution in [2.24, 2.45) is 0 Å². The number of rotatable bonds is 2. The van der Waals surface area contributed by atoms with E-state index in [1.54, 1.807) is 30.3 Å². The predicted molar refractivity (Wildman–Crippen MR) is 69.5 cm³/mol. The van der Waals surface area contributed by atoms with Crippen LogP contribution >= 0.6 is 11.5 Å². The van der Waals surface area contributed by atoms with Gasteiger partial charge in [0.2, 0.25) is 0 Å². The van der Waals surface area contributed by atoms with Gasteiger partial charge < -0.3 is 5.73 Å². The maximum Gasteiger partial charge on any atom is 0.277 e. The van der Waals surface area contributed by atoms with Gasteiger partial charge in [0.15, 0.2) is 0 Å². The van der Waals surface area contributed by atoms with Crippen LogP contribution in [0.25, 0.3) is 0 Å². The fourth-order valence-electron chi connectivity index (χ4n) is 1.35. The van der Waals surface area contributed by atoms with Gasteiger partial charge in [-0.3, -0.25) is 14.9 Å². The first-order chi connectivity index (χ1) is 8.56. The minimum atomic E-state index is -0.499. The molecule has 2 amide bonds. The summed E-state index contributed by atoms with van der Waals surface area (Å²) in [5, 5.41) is 2.27. The number of carbonyl (C=O) groups excluding carboxylic acids is 2. The summed E-state index contributed by atoms with van der Waals surface area (Å²) in [6.45, 7) is 1.84. The highest BCUT2D eigenvalue weighted by atomic mass is 32.1. The van der Waals surface area contributed by atoms with E-state index in [4.69, 9.17) is 5.73 Å². The summed E-state index contributed by atoms with van der Waals surface area (Å²) in [5.74, 6) is -0.966. The lowest BCUT2D eigenvalue weighted by Gasteiger charge is -2.02. The van der Waals surface area contributed by atoms with E-state index >= 15 is 0 Å². The molecule has 2 rings (SSSR count). The molecule has 0 bridgehead atoms. The quantitative estimate of drug-likeness (QED) is 0.635. The number of aromatic nitrogens is 1. The van der Waals surface area contributed by atoms with E-state index < -0.39 is 11.8 Å². The summed E-state index contributed by atoms with van der Waals surface area (Å²) in [5.41, 5.74) is 6.71. The minimum Gasteiger partial charge on any atom is -0.399 e. The van der Waals surface area contributed by atoms with Crippen molar-refractivity contribution in [2.45, 2.75) is 6.92 Å². The zero-order chi connectivity index (χ0) is 13.1. The summed E-state index contributed by atoms with van der Waals surface area (Å²) < 4.78 is 3.93. The Balaban J connectivity index is 2.08. The molecule has 0 unspecified atom stereocenters. The molecule has 0 saturated carbocycles. The third-order valence-corrected chi connectivity index (χ3v) is 2.95. The van der Waals surface area contributed by atoms with Crippen LogP contribution in [0.1, 0.15) is 25.7 Å². The topological polar surface area (TPSA) is 85.1 Å². The van der Waals surface area contributed by atoms with Crippen LogP contribution < -0.4 is 11.1 Å². The Kier molecular flexibility index (Phi) is 3.38. The number of imide groups is 1. The molecule has 0 aliphatic heterocycles. The average molecular weight is 261 g/mol. The Bertz CT molecular complexity index is 590. The highest BCUT2D eigenvalue weighted by Crippen LogP contribution is 2.09. The third-order valence-electron chi connectivity index (χ3n) is 2.26. The van der Waals surface area contributed by atoms with Crippen molar-refractivity contribution in [2.75, 3.05) is 5.73 Å². The molecule has 6 heteroatoms. The van der Waals surface area contributed by atoms with E-state index in [1.165, 1.54) is 11.5 Å². The van der Waals surface area contributed by atoms with Crippen molar-refractivity contribution in [3.8, 4) is 0 Å². The number of nitrogen functional groups attached to an aromatic ring is 1. The molecule has 1 aromatic carbocycles. The second kappa shape index (κ2) is 4.97. The number of hydrogen-bond donors (Lipinski definition) is 2. The molecule has 5 nitrogen and oxygen atoms in total. The van der Waals surface area contributed by atoms with Gasteiger partial charge in [-0.05, 0) is 48.8 Å². The summed E-state index contributed by atoms with van der Waals surface area (Å²) >= 11 is 1.22. The maximum absolute atomic E-state index is 11.7. The molecule has 92 valence electrons. The highest BCUT2D eigenvalue weighted by Gasteiger charge is 2.14. The van der Waals surface area contributed by atoms with E-state index in [0.717, 1.165) is 4.88 Å². The fourth-order valence-corrected chi connectivity index (χ4v) is 1.89. The van der Waals surface area contributed by atoms with Gasteiger partial charge in [0.25, 0.3) is 11.8 Å². The second-order valence-corrected chi connectivity index (χ2v) is 4.74. The standard InChI is InChI=1S/C12H11N3O2S/c1-7-6-10(15-18-7)12(17)14-11(16)8-2-4-9(13)5-3-8/h2-6H,13H2,1H3,(H,14,16,17). The molecule has 0 spiro atoms. The Morgan fingerprint density at radius 1 is 1.22 bits per heavy atom. The molecule has 0 saturated heterocycles. The van der Waals surface area contributed by atoms with Crippen LogP contribution in [0.15, 0.2) is 30.3 Å². The molecule has 0 aliphatic rings. The first-order valence-electron chi connectivity index (χ1n) is 5.21. The van der Waals surface area contributed by atoms with E-state index in [2.05, 4.69) is 9.69 Å². The van der Waals surface area contributed by atoms with E-state index in [0.29, 0.717) is 11.3 Å². The molecular formula is C12H11N3O2S. The van der Waals surface area contributed by atoms with Gasteiger partial charge >= 0.3 is 0 Å². The first kappa shape index (κ1) is 12.3. The SMILES string of the molecule is Cc1cc(C(=O)NC(=O)c2ccc(N)cc2)ns1. The number of aryl methyl sites for hydroxylation is 1. The van der Waals surface area contributed by atoms with Crippen LogP contribution in [0.5, 0.6) is 0 Å². The first-order valence-corrected chi connectivity index (χ1v) is 5.98. The Morgan fingerprint density at radius 3 is 2.44 bits per heavy atom. The van der Waals surface area contributed by atoms with Crippen molar-refractivity contribution in [3.63, 3.8) is 0 Å². The van der Waals surface area contributed by atoms with E-state index in [1.807, 2.05) is 6.92 Å². The Morgan fingerprint density at radius 2 is 1.89 bits per heavy atom. The van der Waals surface area contributed by atoms with Crippen LogP contribution in [0.4, 0.5) is 5.69 Å². The van der Waals surface area contributed by atoms with Crippen LogP contribution in [-0.2, 0) is 0 Å². The summed E-state index contributed by atoms with van der Waals surface area (Å²) in [7, 11) is 0. The number of carbonyl (C=O) groups is 2. The predicted octanol–water partition coefficient (Wildman–Crippen LogP) is 1.60. The van der Waals surface area contributed by atoms with Crippen LogP contribution in [0.3, 0.4) is 0 Å². The molecule has 1 aromatic heterocycles. The van der Waals surface area contributed by atoms with Crippen LogP contribution in [0, 0.1) is 6.92 Å². The number of amides is 2. The number of nitrogens with zero attached hydrogens (tertiary/aromatic N) is 1. The summed E-state index contributed by atoms with van der Waals surface area (Å²) in [4.78, 5) is 24.4. The smallest absolute Gasteiger partial charge is 0.277 e. The van der Waals surface area contributed by atoms with Crippen LogP contribution in [0.2, 0.25) is 0 Å². The van der Waals surface area contributed by atoms with Gasteiger partial charge in [-0.2, -0.15) is 4.37 Å². The lowest BCUT2D eigenvalue weighted by atomic mass is 10.2. The Hall–Kier alpha value is -2.21. The van der Waals surface area contributed by atoms with E-state index in [9.17, 15) is 9.59 Å². The molecule has 0 atom stereocenters. The number of anilines is 1. The third kappa shape index (κ3) is 2.72. The van der Waals surface area contributed by atoms with Gasteiger partial charge in [-0.25, -0.2) is 0 Å². The Labute approximate surface area is 108 Å². The van der Waals surface area contributed by atoms with Gasteiger partial charge in [0.05, 0.1) is 0 Å². The van der Waals surface area contributed by atoms with Crippen molar-refractivity contribution in [1.82, 2.24) is 9.69 Å². The molecule has 0 radical (unpaired) electrons. The lowest BCUT2D eigenvalue weighted by molar-refractivity contribution is 0.0847. The van der Waals surface area contributed by atoms with Crippen molar-refractivity contribution in [1.29, 1.82) is 0 Å². The van der Waals surface area contributed by atoms with Crippen molar-refractivity contribution in [3.05, 3.63) is 46.5 Å². The molecule has 2 aromatic rings. The molecule has 3 N–H and O–H groups in total. The lowest BCUT2D eigenvalue weighted by Crippen LogP contribution is -2.30. The number of benzene rings is 1. The van der Waals surface area contributed by atoms with Gasteiger partial charge in [-0.15, -0.1) is 0 Å². The second-order valence-electron chi connectivity index (χ2n) is 3.73. The minimum absolute atomic E-state index is 0.251. The maximum atomic E-state index is 11.7. The van der Waals surface area contributed by atoms with E-state index in [-0.39, 0.29) is 5.69 Å². The van der Waals surface area contributed by atoms with Gasteiger partial charge in [0.1, 0.15) is 5.69 Å². The molecular weight excluding hydrogens is 250 g/mol. The molecule has 0 fully saturated rings. The normalized spacial score (nSPS) is 10.1. The zero-order valence-corrected chi connectivity index (χ0v) is 10.5. The van der Waals surface area contributed by atoms with Gasteiger partial charge in [0, 0.05) is 16.1 Å². The number of hydrogen-bond acceptors (Lipinski definition) is 5. The molecule has 0 aliphatic carbocycles.